The highest BCUT2D eigenvalue weighted by Crippen LogP contribution is 2.34. The topological polar surface area (TPSA) is 119 Å². The van der Waals surface area contributed by atoms with Gasteiger partial charge in [-0.2, -0.15) is 0 Å². The van der Waals surface area contributed by atoms with Crippen LogP contribution in [0.2, 0.25) is 0 Å². The first-order valence-corrected chi connectivity index (χ1v) is 9.61. The molecule has 9 nitrogen and oxygen atoms in total. The molecule has 29 heavy (non-hydrogen) atoms. The Labute approximate surface area is 170 Å². The summed E-state index contributed by atoms with van der Waals surface area (Å²) in [7, 11) is 0. The summed E-state index contributed by atoms with van der Waals surface area (Å²) in [4.78, 5) is 49.4. The number of thioether (sulfide) groups is 1. The molecule has 0 unspecified atom stereocenters. The maximum atomic E-state index is 12.3. The third kappa shape index (κ3) is 4.72. The van der Waals surface area contributed by atoms with Crippen LogP contribution in [0.25, 0.3) is 0 Å². The van der Waals surface area contributed by atoms with Crippen molar-refractivity contribution < 1.29 is 24.0 Å². The molecule has 0 fully saturated rings. The Hall–Kier alpha value is -3.40. The van der Waals surface area contributed by atoms with Crippen LogP contribution in [0.5, 0.6) is 0 Å². The number of rotatable bonds is 6. The monoisotopic (exact) mass is 415 g/mol. The normalized spacial score (nSPS) is 14.0. The highest BCUT2D eigenvalue weighted by molar-refractivity contribution is 8.00. The van der Waals surface area contributed by atoms with Crippen LogP contribution in [-0.2, 0) is 19.1 Å². The molecule has 3 rings (SSSR count). The van der Waals surface area contributed by atoms with Crippen LogP contribution < -0.4 is 10.2 Å². The minimum atomic E-state index is -1.20. The van der Waals surface area contributed by atoms with Gasteiger partial charge in [-0.3, -0.25) is 29.4 Å². The summed E-state index contributed by atoms with van der Waals surface area (Å²) >= 11 is 1.39. The zero-order chi connectivity index (χ0) is 21.0. The summed E-state index contributed by atoms with van der Waals surface area (Å²) in [5.74, 6) is -1.50. The Morgan fingerprint density at radius 1 is 1.24 bits per heavy atom. The van der Waals surface area contributed by atoms with E-state index in [0.717, 1.165) is 4.90 Å². The molecule has 0 saturated carbocycles. The number of nitrogens with zero attached hydrogens (tertiary/aromatic N) is 2. The molecule has 2 aromatic carbocycles. The second-order valence-electron chi connectivity index (χ2n) is 6.13. The van der Waals surface area contributed by atoms with Crippen molar-refractivity contribution in [2.75, 3.05) is 22.5 Å². The molecule has 0 saturated heterocycles. The van der Waals surface area contributed by atoms with Crippen LogP contribution in [0.3, 0.4) is 0 Å². The van der Waals surface area contributed by atoms with Crippen LogP contribution in [-0.4, -0.2) is 41.1 Å². The number of benzene rings is 2. The molecule has 0 aromatic heterocycles. The van der Waals surface area contributed by atoms with Crippen molar-refractivity contribution >= 4 is 46.6 Å². The van der Waals surface area contributed by atoms with Gasteiger partial charge in [0.1, 0.15) is 12.2 Å². The van der Waals surface area contributed by atoms with Crippen LogP contribution in [0.15, 0.2) is 53.4 Å². The summed E-state index contributed by atoms with van der Waals surface area (Å²) < 4.78 is 5.13. The Balaban J connectivity index is 1.63. The van der Waals surface area contributed by atoms with Gasteiger partial charge in [-0.15, -0.1) is 11.8 Å². The average Bonchev–Trinajstić information content (AvgIpc) is 2.70. The Kier molecular flexibility index (Phi) is 6.13. The number of fused-ring (bicyclic) bond motifs is 1. The van der Waals surface area contributed by atoms with Crippen molar-refractivity contribution in [1.29, 1.82) is 0 Å². The lowest BCUT2D eigenvalue weighted by Gasteiger charge is -2.28. The number of esters is 1. The van der Waals surface area contributed by atoms with Crippen molar-refractivity contribution in [3.05, 3.63) is 58.6 Å². The fourth-order valence-electron chi connectivity index (χ4n) is 2.72. The number of carbonyl (C=O) groups is 3. The fourth-order valence-corrected chi connectivity index (χ4v) is 3.65. The standard InChI is InChI=1S/C19H17N3O6S/c1-12(19(25)20-13-6-2-3-7-14(13)22(26)27)28-18(24)10-21-15-8-4-5-9-16(15)29-11-17(21)23/h2-9,12H,10-11H2,1H3,(H,20,25)/t12-/m1/s1. The summed E-state index contributed by atoms with van der Waals surface area (Å²) in [6.07, 6.45) is -1.20. The maximum absolute atomic E-state index is 12.3. The van der Waals surface area contributed by atoms with E-state index in [-0.39, 0.29) is 29.6 Å². The van der Waals surface area contributed by atoms with Gasteiger partial charge in [0.25, 0.3) is 11.6 Å². The number of hydrogen-bond donors (Lipinski definition) is 1. The number of nitrogens with one attached hydrogen (secondary N) is 1. The van der Waals surface area contributed by atoms with Crippen molar-refractivity contribution in [2.45, 2.75) is 17.9 Å². The molecule has 1 aliphatic rings. The zero-order valence-electron chi connectivity index (χ0n) is 15.4. The van der Waals surface area contributed by atoms with Crippen molar-refractivity contribution in [2.24, 2.45) is 0 Å². The molecule has 0 radical (unpaired) electrons. The number of nitro groups is 1. The van der Waals surface area contributed by atoms with Gasteiger partial charge < -0.3 is 10.1 Å². The van der Waals surface area contributed by atoms with Gasteiger partial charge in [-0.1, -0.05) is 24.3 Å². The van der Waals surface area contributed by atoms with Gasteiger partial charge in [0.15, 0.2) is 6.10 Å². The van der Waals surface area contributed by atoms with Crippen molar-refractivity contribution in [1.82, 2.24) is 0 Å². The number of nitro benzene ring substituents is 1. The van der Waals surface area contributed by atoms with Crippen LogP contribution in [0.1, 0.15) is 6.92 Å². The van der Waals surface area contributed by atoms with Crippen LogP contribution in [0.4, 0.5) is 17.1 Å². The van der Waals surface area contributed by atoms with E-state index >= 15 is 0 Å². The minimum absolute atomic E-state index is 0.00237. The van der Waals surface area contributed by atoms with E-state index in [4.69, 9.17) is 4.74 Å². The third-order valence-corrected chi connectivity index (χ3v) is 5.18. The van der Waals surface area contributed by atoms with Gasteiger partial charge in [0.2, 0.25) is 5.91 Å². The number of anilines is 2. The Bertz CT molecular complexity index is 980. The first kappa shape index (κ1) is 20.3. The van der Waals surface area contributed by atoms with E-state index in [1.165, 1.54) is 47.9 Å². The third-order valence-electron chi connectivity index (χ3n) is 4.13. The first-order chi connectivity index (χ1) is 13.9. The van der Waals surface area contributed by atoms with Gasteiger partial charge in [-0.05, 0) is 25.1 Å². The molecule has 1 heterocycles. The van der Waals surface area contributed by atoms with E-state index in [2.05, 4.69) is 5.32 Å². The summed E-state index contributed by atoms with van der Waals surface area (Å²) in [5, 5.41) is 13.4. The van der Waals surface area contributed by atoms with Gasteiger partial charge in [0.05, 0.1) is 16.4 Å². The molecule has 2 aromatic rings. The minimum Gasteiger partial charge on any atom is -0.451 e. The van der Waals surface area contributed by atoms with Crippen molar-refractivity contribution in [3.8, 4) is 0 Å². The smallest absolute Gasteiger partial charge is 0.326 e. The first-order valence-electron chi connectivity index (χ1n) is 8.63. The van der Waals surface area contributed by atoms with Crippen LogP contribution in [0, 0.1) is 10.1 Å². The van der Waals surface area contributed by atoms with Gasteiger partial charge in [-0.25, -0.2) is 0 Å². The summed E-state index contributed by atoms with van der Waals surface area (Å²) in [6.45, 7) is 1.02. The number of carbonyl (C=O) groups excluding carboxylic acids is 3. The molecule has 2 amide bonds. The zero-order valence-corrected chi connectivity index (χ0v) is 16.2. The number of hydrogen-bond acceptors (Lipinski definition) is 7. The Morgan fingerprint density at radius 3 is 2.69 bits per heavy atom. The highest BCUT2D eigenvalue weighted by Gasteiger charge is 2.28. The number of para-hydroxylation sites is 3. The molecule has 1 N–H and O–H groups in total. The molecule has 0 bridgehead atoms. The Morgan fingerprint density at radius 2 is 1.93 bits per heavy atom. The van der Waals surface area contributed by atoms with Crippen LogP contribution >= 0.6 is 11.8 Å². The number of ether oxygens (including phenoxy) is 1. The highest BCUT2D eigenvalue weighted by atomic mass is 32.2. The molecule has 10 heteroatoms. The molecule has 150 valence electrons. The predicted octanol–water partition coefficient (Wildman–Crippen LogP) is 2.60. The van der Waals surface area contributed by atoms with E-state index in [0.29, 0.717) is 5.69 Å². The molecule has 0 aliphatic carbocycles. The van der Waals surface area contributed by atoms with E-state index in [1.54, 1.807) is 12.1 Å². The van der Waals surface area contributed by atoms with E-state index in [9.17, 15) is 24.5 Å². The van der Waals surface area contributed by atoms with E-state index in [1.807, 2.05) is 12.1 Å². The average molecular weight is 415 g/mol. The van der Waals surface area contributed by atoms with Gasteiger partial charge >= 0.3 is 5.97 Å². The lowest BCUT2D eigenvalue weighted by atomic mass is 10.2. The van der Waals surface area contributed by atoms with Crippen molar-refractivity contribution in [3.63, 3.8) is 0 Å². The largest absolute Gasteiger partial charge is 0.451 e. The molecular weight excluding hydrogens is 398 g/mol. The predicted molar refractivity (Wildman–Crippen MR) is 107 cm³/mol. The van der Waals surface area contributed by atoms with Gasteiger partial charge in [0, 0.05) is 11.0 Å². The van der Waals surface area contributed by atoms with E-state index < -0.39 is 22.9 Å². The maximum Gasteiger partial charge on any atom is 0.326 e. The number of amides is 2. The summed E-state index contributed by atoms with van der Waals surface area (Å²) in [5.41, 5.74) is 0.345. The summed E-state index contributed by atoms with van der Waals surface area (Å²) in [6, 6.07) is 12.8. The molecule has 1 atom stereocenters. The second-order valence-corrected chi connectivity index (χ2v) is 7.15. The quantitative estimate of drug-likeness (QED) is 0.437. The molecular formula is C19H17N3O6S. The second kappa shape index (κ2) is 8.74. The molecule has 0 spiro atoms. The lowest BCUT2D eigenvalue weighted by Crippen LogP contribution is -2.41. The SMILES string of the molecule is C[C@@H](OC(=O)CN1C(=O)CSc2ccccc21)C(=O)Nc1ccccc1[N+](=O)[O-]. The molecule has 1 aliphatic heterocycles. The lowest BCUT2D eigenvalue weighted by molar-refractivity contribution is -0.383. The fraction of sp³-hybridized carbons (Fsp3) is 0.211.